The number of hydrogen-bond acceptors (Lipinski definition) is 7. The monoisotopic (exact) mass is 364 g/mol. The van der Waals surface area contributed by atoms with E-state index in [9.17, 15) is 9.90 Å². The molecule has 8 heteroatoms. The lowest BCUT2D eigenvalue weighted by molar-refractivity contribution is 0.0524. The van der Waals surface area contributed by atoms with Gasteiger partial charge in [-0.1, -0.05) is 0 Å². The van der Waals surface area contributed by atoms with E-state index in [-0.39, 0.29) is 29.6 Å². The number of fused-ring (bicyclic) bond motifs is 1. The zero-order chi connectivity index (χ0) is 18.8. The highest BCUT2D eigenvalue weighted by Crippen LogP contribution is 2.39. The molecule has 0 bridgehead atoms. The van der Waals surface area contributed by atoms with Crippen LogP contribution in [0.2, 0.25) is 0 Å². The van der Waals surface area contributed by atoms with Crippen molar-refractivity contribution in [3.8, 4) is 5.75 Å². The van der Waals surface area contributed by atoms with Crippen LogP contribution in [0.3, 0.4) is 0 Å². The molecule has 0 aromatic carbocycles. The number of pyridine rings is 1. The maximum atomic E-state index is 12.3. The quantitative estimate of drug-likeness (QED) is 0.592. The Kier molecular flexibility index (Phi) is 4.21. The number of aromatic nitrogens is 2. The number of esters is 1. The van der Waals surface area contributed by atoms with E-state index in [1.165, 1.54) is 0 Å². The summed E-state index contributed by atoms with van der Waals surface area (Å²) in [7, 11) is 0. The summed E-state index contributed by atoms with van der Waals surface area (Å²) < 4.78 is 10.8. The van der Waals surface area contributed by atoms with Gasteiger partial charge in [-0.25, -0.2) is 14.8 Å². The molecular formula is C19H16N4O4. The molecule has 0 radical (unpaired) electrons. The summed E-state index contributed by atoms with van der Waals surface area (Å²) in [6.45, 7) is 1.87. The van der Waals surface area contributed by atoms with Crippen LogP contribution in [-0.4, -0.2) is 33.9 Å². The third kappa shape index (κ3) is 3.08. The van der Waals surface area contributed by atoms with Crippen molar-refractivity contribution in [2.75, 3.05) is 11.9 Å². The minimum atomic E-state index is -0.677. The van der Waals surface area contributed by atoms with Crippen LogP contribution in [0, 0.1) is 0 Å². The lowest BCUT2D eigenvalue weighted by Crippen LogP contribution is -2.06. The molecule has 1 aliphatic rings. The summed E-state index contributed by atoms with van der Waals surface area (Å²) in [5.74, 6) is -0.174. The van der Waals surface area contributed by atoms with E-state index in [4.69, 9.17) is 9.15 Å². The van der Waals surface area contributed by atoms with Gasteiger partial charge in [0.15, 0.2) is 22.9 Å². The molecular weight excluding hydrogens is 348 g/mol. The second-order valence-electron chi connectivity index (χ2n) is 5.70. The third-order valence-electron chi connectivity index (χ3n) is 3.95. The number of ether oxygens (including phenoxy) is 1. The minimum Gasteiger partial charge on any atom is -0.504 e. The second kappa shape index (κ2) is 6.83. The Morgan fingerprint density at radius 2 is 2.33 bits per heavy atom. The summed E-state index contributed by atoms with van der Waals surface area (Å²) in [4.78, 5) is 23.6. The molecule has 3 aromatic heterocycles. The van der Waals surface area contributed by atoms with Crippen molar-refractivity contribution in [3.05, 3.63) is 53.7 Å². The van der Waals surface area contributed by atoms with E-state index in [1.807, 2.05) is 6.07 Å². The largest absolute Gasteiger partial charge is 0.504 e. The molecule has 0 saturated heterocycles. The summed E-state index contributed by atoms with van der Waals surface area (Å²) in [6.07, 6.45) is 8.30. The number of carbonyl (C=O) groups excluding carboxylic acids is 1. The van der Waals surface area contributed by atoms with Gasteiger partial charge in [0.1, 0.15) is 0 Å². The number of aliphatic imine (C=N–C) groups is 1. The van der Waals surface area contributed by atoms with Crippen molar-refractivity contribution < 1.29 is 19.1 Å². The second-order valence-corrected chi connectivity index (χ2v) is 5.70. The smallest absolute Gasteiger partial charge is 0.347 e. The highest BCUT2D eigenvalue weighted by molar-refractivity contribution is 6.21. The molecule has 0 saturated carbocycles. The van der Waals surface area contributed by atoms with Crippen LogP contribution in [0.15, 0.2) is 46.2 Å². The van der Waals surface area contributed by atoms with Gasteiger partial charge in [-0.2, -0.15) is 0 Å². The number of aromatic hydroxyl groups is 1. The maximum Gasteiger partial charge on any atom is 0.347 e. The summed E-state index contributed by atoms with van der Waals surface area (Å²) in [5.41, 5.74) is 2.13. The van der Waals surface area contributed by atoms with Crippen LogP contribution in [-0.2, 0) is 4.74 Å². The Balaban J connectivity index is 1.77. The zero-order valence-corrected chi connectivity index (χ0v) is 14.4. The normalized spacial score (nSPS) is 13.7. The maximum absolute atomic E-state index is 12.3. The first-order valence-electron chi connectivity index (χ1n) is 8.31. The van der Waals surface area contributed by atoms with Gasteiger partial charge in [-0.05, 0) is 31.2 Å². The molecule has 4 rings (SSSR count). The zero-order valence-electron chi connectivity index (χ0n) is 14.4. The van der Waals surface area contributed by atoms with Crippen LogP contribution in [0.25, 0.3) is 11.6 Å². The summed E-state index contributed by atoms with van der Waals surface area (Å²) in [5, 5.41) is 13.6. The van der Waals surface area contributed by atoms with Crippen molar-refractivity contribution in [1.29, 1.82) is 0 Å². The fourth-order valence-corrected chi connectivity index (χ4v) is 2.73. The first-order valence-corrected chi connectivity index (χ1v) is 8.31. The van der Waals surface area contributed by atoms with Gasteiger partial charge < -0.3 is 24.6 Å². The van der Waals surface area contributed by atoms with Gasteiger partial charge in [-0.15, -0.1) is 0 Å². The number of allylic oxidation sites excluding steroid dienone is 1. The number of furan rings is 1. The number of carbonyl (C=O) groups is 1. The van der Waals surface area contributed by atoms with E-state index in [2.05, 4.69) is 20.3 Å². The Hall–Kier alpha value is -3.81. The van der Waals surface area contributed by atoms with E-state index >= 15 is 0 Å². The minimum absolute atomic E-state index is 0.0637. The van der Waals surface area contributed by atoms with Gasteiger partial charge in [0, 0.05) is 35.9 Å². The summed E-state index contributed by atoms with van der Waals surface area (Å²) >= 11 is 0. The number of rotatable bonds is 5. The van der Waals surface area contributed by atoms with Gasteiger partial charge in [-0.3, -0.25) is 0 Å². The highest BCUT2D eigenvalue weighted by atomic mass is 16.5. The lowest BCUT2D eigenvalue weighted by atomic mass is 10.1. The third-order valence-corrected chi connectivity index (χ3v) is 3.95. The van der Waals surface area contributed by atoms with Crippen LogP contribution >= 0.6 is 0 Å². The van der Waals surface area contributed by atoms with E-state index in [0.29, 0.717) is 17.1 Å². The predicted molar refractivity (Wildman–Crippen MR) is 101 cm³/mol. The Morgan fingerprint density at radius 3 is 3.11 bits per heavy atom. The van der Waals surface area contributed by atoms with Crippen LogP contribution in [0.5, 0.6) is 5.75 Å². The number of nitrogens with one attached hydrogen (secondary N) is 2. The Morgan fingerprint density at radius 1 is 1.44 bits per heavy atom. The fourth-order valence-electron chi connectivity index (χ4n) is 2.73. The number of nitrogens with zero attached hydrogens (tertiary/aromatic N) is 2. The Labute approximate surface area is 154 Å². The summed E-state index contributed by atoms with van der Waals surface area (Å²) in [6, 6.07) is 5.43. The molecule has 0 spiro atoms. The highest BCUT2D eigenvalue weighted by Gasteiger charge is 2.27. The standard InChI is InChI=1S/C19H16N4O4/c1-2-26-19(25)15-16(24)14(27-18(15)23-12-5-7-20-10-12)8-11-9-22-17-13(11)4-3-6-21-17/h3-10,20,23-24H,2H2,1H3. The number of hydrogen-bond donors (Lipinski definition) is 3. The molecule has 1 aliphatic heterocycles. The van der Waals surface area contributed by atoms with Gasteiger partial charge >= 0.3 is 5.97 Å². The van der Waals surface area contributed by atoms with E-state index in [1.54, 1.807) is 49.9 Å². The number of aromatic amines is 1. The molecule has 3 aromatic rings. The van der Waals surface area contributed by atoms with Crippen molar-refractivity contribution in [3.63, 3.8) is 0 Å². The van der Waals surface area contributed by atoms with Gasteiger partial charge in [0.25, 0.3) is 0 Å². The molecule has 0 aliphatic carbocycles. The Bertz CT molecular complexity index is 1050. The van der Waals surface area contributed by atoms with Crippen molar-refractivity contribution in [2.24, 2.45) is 4.99 Å². The number of H-pyrrole nitrogens is 1. The first kappa shape index (κ1) is 16.6. The first-order chi connectivity index (χ1) is 13.2. The van der Waals surface area contributed by atoms with E-state index < -0.39 is 5.97 Å². The van der Waals surface area contributed by atoms with Crippen molar-refractivity contribution in [1.82, 2.24) is 9.97 Å². The van der Waals surface area contributed by atoms with Crippen LogP contribution < -0.4 is 5.32 Å². The molecule has 136 valence electrons. The molecule has 8 nitrogen and oxygen atoms in total. The predicted octanol–water partition coefficient (Wildman–Crippen LogP) is 3.89. The molecule has 0 fully saturated rings. The average Bonchev–Trinajstić information content (AvgIpc) is 3.37. The fraction of sp³-hybridized carbons (Fsp3) is 0.105. The molecule has 3 N–H and O–H groups in total. The van der Waals surface area contributed by atoms with Crippen LogP contribution in [0.4, 0.5) is 17.4 Å². The van der Waals surface area contributed by atoms with Crippen molar-refractivity contribution >= 4 is 41.2 Å². The molecule has 0 atom stereocenters. The van der Waals surface area contributed by atoms with E-state index in [0.717, 1.165) is 5.56 Å². The topological polar surface area (TPSA) is 113 Å². The lowest BCUT2D eigenvalue weighted by Gasteiger charge is -2.03. The average molecular weight is 364 g/mol. The molecule has 0 unspecified atom stereocenters. The molecule has 4 heterocycles. The van der Waals surface area contributed by atoms with Crippen LogP contribution in [0.1, 0.15) is 28.6 Å². The number of anilines is 2. The SMILES string of the molecule is CCOC(=O)c1c(Nc2cc[nH]c2)oc(C=C2C=Nc3ncccc32)c1O. The van der Waals surface area contributed by atoms with Gasteiger partial charge in [0.2, 0.25) is 5.88 Å². The van der Waals surface area contributed by atoms with Crippen molar-refractivity contribution in [2.45, 2.75) is 6.92 Å². The molecule has 27 heavy (non-hydrogen) atoms. The molecule has 0 amide bonds. The van der Waals surface area contributed by atoms with Gasteiger partial charge in [0.05, 0.1) is 12.3 Å².